The third kappa shape index (κ3) is 4.07. The maximum atomic E-state index is 8.26. The first kappa shape index (κ1) is 12.2. The molecule has 0 aromatic carbocycles. The molecule has 1 saturated heterocycles. The summed E-state index contributed by atoms with van der Waals surface area (Å²) in [5.74, 6) is 0.421. The van der Waals surface area contributed by atoms with E-state index in [1.807, 2.05) is 23.6 Å². The molecule has 1 saturated carbocycles. The van der Waals surface area contributed by atoms with E-state index in [1.165, 1.54) is 11.3 Å². The maximum Gasteiger partial charge on any atom is 0.132 e. The van der Waals surface area contributed by atoms with Crippen LogP contribution in [0.4, 0.5) is 0 Å². The highest BCUT2D eigenvalue weighted by Crippen LogP contribution is 2.50. The van der Waals surface area contributed by atoms with Crippen LogP contribution in [-0.2, 0) is 16.6 Å². The zero-order valence-electron chi connectivity index (χ0n) is 22.5. The molecular weight excluding hydrogens is 354 g/mol. The molecule has 0 amide bonds. The second-order valence-electron chi connectivity index (χ2n) is 7.68. The van der Waals surface area contributed by atoms with Gasteiger partial charge in [-0.25, -0.2) is 0 Å². The highest BCUT2D eigenvalue weighted by atomic mass is 32.1. The average Bonchev–Trinajstić information content (AvgIpc) is 3.22. The first-order chi connectivity index (χ1) is 15.9. The lowest BCUT2D eigenvalue weighted by Gasteiger charge is -2.46. The molecule has 2 aliphatic rings. The molecule has 0 N–H and O–H groups in total. The van der Waals surface area contributed by atoms with Gasteiger partial charge >= 0.3 is 0 Å². The van der Waals surface area contributed by atoms with Crippen LogP contribution >= 0.6 is 11.3 Å². The standard InChI is InChI=1S/C23H31NO2S/c1-25-19-10-17-27-20(19)8-2-4-11-22(21-9-3-7-15-24-21)14-16-26-23(18-22)12-5-6-13-23/h3,7,9-10,15,17H,2,4-6,8,11-14,16,18H2,1H3/t22-/m1/s1/i1D3,5D2,6D2. The number of unbranched alkanes of at least 4 members (excludes halogenated alkanes) is 1. The van der Waals surface area contributed by atoms with E-state index >= 15 is 0 Å². The van der Waals surface area contributed by atoms with Gasteiger partial charge in [0.1, 0.15) is 5.75 Å². The Morgan fingerprint density at radius 3 is 3.00 bits per heavy atom. The van der Waals surface area contributed by atoms with E-state index in [2.05, 4.69) is 4.98 Å². The van der Waals surface area contributed by atoms with E-state index in [-0.39, 0.29) is 18.3 Å². The summed E-state index contributed by atoms with van der Waals surface area (Å²) in [5.41, 5.74) is -0.200. The predicted molar refractivity (Wildman–Crippen MR) is 111 cm³/mol. The average molecular weight is 393 g/mol. The molecule has 2 aromatic rings. The summed E-state index contributed by atoms with van der Waals surface area (Å²) in [5, 5.41) is 1.84. The Hall–Kier alpha value is -1.39. The molecule has 4 heteroatoms. The van der Waals surface area contributed by atoms with Crippen molar-refractivity contribution in [2.45, 2.75) is 75.1 Å². The topological polar surface area (TPSA) is 31.4 Å². The van der Waals surface area contributed by atoms with Crippen molar-refractivity contribution in [3.63, 3.8) is 0 Å². The number of thiophene rings is 1. The highest BCUT2D eigenvalue weighted by Gasteiger charge is 2.48. The zero-order valence-corrected chi connectivity index (χ0v) is 16.3. The number of hydrogen-bond donors (Lipinski definition) is 0. The number of aromatic nitrogens is 1. The molecule has 2 fully saturated rings. The second-order valence-corrected chi connectivity index (χ2v) is 8.68. The molecular formula is C23H31NO2S. The zero-order chi connectivity index (χ0) is 24.7. The number of methoxy groups -OCH3 is 1. The number of nitrogens with zero attached hydrogens (tertiary/aromatic N) is 1. The molecule has 0 radical (unpaired) electrons. The lowest BCUT2D eigenvalue weighted by molar-refractivity contribution is -0.104. The fraction of sp³-hybridized carbons (Fsp3) is 0.609. The molecule has 1 aliphatic carbocycles. The minimum absolute atomic E-state index is 0.0482. The first-order valence-electron chi connectivity index (χ1n) is 13.2. The number of pyridine rings is 1. The van der Waals surface area contributed by atoms with Gasteiger partial charge in [0.15, 0.2) is 0 Å². The fourth-order valence-electron chi connectivity index (χ4n) is 4.54. The number of ether oxygens (including phenoxy) is 2. The minimum atomic E-state index is -2.47. The third-order valence-corrected chi connectivity index (χ3v) is 6.89. The molecule has 2 aromatic heterocycles. The summed E-state index contributed by atoms with van der Waals surface area (Å²) in [7, 11) is -2.47. The lowest BCUT2D eigenvalue weighted by atomic mass is 9.67. The van der Waals surface area contributed by atoms with Gasteiger partial charge in [-0.05, 0) is 68.5 Å². The Morgan fingerprint density at radius 1 is 1.26 bits per heavy atom. The van der Waals surface area contributed by atoms with Gasteiger partial charge < -0.3 is 9.47 Å². The van der Waals surface area contributed by atoms with Crippen molar-refractivity contribution in [2.24, 2.45) is 0 Å². The van der Waals surface area contributed by atoms with Crippen molar-refractivity contribution in [3.8, 4) is 5.75 Å². The van der Waals surface area contributed by atoms with Gasteiger partial charge in [0.05, 0.1) is 16.8 Å². The van der Waals surface area contributed by atoms with Gasteiger partial charge in [-0.1, -0.05) is 25.2 Å². The maximum absolute atomic E-state index is 8.26. The van der Waals surface area contributed by atoms with Crippen LogP contribution in [0.3, 0.4) is 0 Å². The van der Waals surface area contributed by atoms with Crippen LogP contribution in [0.5, 0.6) is 5.75 Å². The molecule has 3 nitrogen and oxygen atoms in total. The van der Waals surface area contributed by atoms with Crippen molar-refractivity contribution >= 4 is 11.3 Å². The van der Waals surface area contributed by atoms with Crippen molar-refractivity contribution in [2.75, 3.05) is 13.6 Å². The Balaban J connectivity index is 1.48. The van der Waals surface area contributed by atoms with E-state index in [1.54, 1.807) is 12.3 Å². The Labute approximate surface area is 177 Å². The van der Waals surface area contributed by atoms with Crippen LogP contribution in [-0.4, -0.2) is 24.2 Å². The van der Waals surface area contributed by atoms with Gasteiger partial charge in [0.25, 0.3) is 0 Å². The third-order valence-electron chi connectivity index (χ3n) is 5.93. The monoisotopic (exact) mass is 392 g/mol. The lowest BCUT2D eigenvalue weighted by Crippen LogP contribution is -2.46. The van der Waals surface area contributed by atoms with Crippen molar-refractivity contribution in [3.05, 3.63) is 46.4 Å². The summed E-state index contributed by atoms with van der Waals surface area (Å²) in [6.07, 6.45) is 2.56. The number of aryl methyl sites for hydroxylation is 1. The van der Waals surface area contributed by atoms with Crippen LogP contribution in [0.2, 0.25) is 0 Å². The van der Waals surface area contributed by atoms with Crippen LogP contribution in [0.15, 0.2) is 35.8 Å². The quantitative estimate of drug-likeness (QED) is 0.548. The van der Waals surface area contributed by atoms with Gasteiger partial charge in [-0.15, -0.1) is 11.3 Å². The van der Waals surface area contributed by atoms with Crippen molar-refractivity contribution < 1.29 is 19.1 Å². The number of rotatable bonds is 7. The summed E-state index contributed by atoms with van der Waals surface area (Å²) < 4.78 is 66.3. The van der Waals surface area contributed by atoms with Gasteiger partial charge in [0.2, 0.25) is 0 Å². The summed E-state index contributed by atoms with van der Waals surface area (Å²) in [6.45, 7) is 0.449. The molecule has 3 heterocycles. The van der Waals surface area contributed by atoms with Crippen LogP contribution in [0.1, 0.15) is 77.9 Å². The molecule has 0 bridgehead atoms. The minimum Gasteiger partial charge on any atom is -0.496 e. The van der Waals surface area contributed by atoms with Crippen molar-refractivity contribution in [1.29, 1.82) is 0 Å². The second kappa shape index (κ2) is 8.32. The van der Waals surface area contributed by atoms with Crippen LogP contribution in [0.25, 0.3) is 0 Å². The van der Waals surface area contributed by atoms with E-state index in [4.69, 9.17) is 19.1 Å². The summed E-state index contributed by atoms with van der Waals surface area (Å²) >= 11 is 1.50. The summed E-state index contributed by atoms with van der Waals surface area (Å²) in [4.78, 5) is 5.58. The Bertz CT molecular complexity index is 963. The van der Waals surface area contributed by atoms with Crippen molar-refractivity contribution in [1.82, 2.24) is 4.98 Å². The smallest absolute Gasteiger partial charge is 0.132 e. The molecule has 1 aliphatic heterocycles. The Kier molecular flexibility index (Phi) is 3.77. The van der Waals surface area contributed by atoms with Gasteiger partial charge in [-0.2, -0.15) is 0 Å². The molecule has 27 heavy (non-hydrogen) atoms. The summed E-state index contributed by atoms with van der Waals surface area (Å²) in [6, 6.07) is 7.55. The van der Waals surface area contributed by atoms with Gasteiger partial charge in [-0.3, -0.25) is 4.98 Å². The highest BCUT2D eigenvalue weighted by molar-refractivity contribution is 7.10. The molecule has 1 atom stereocenters. The number of hydrogen-bond acceptors (Lipinski definition) is 4. The molecule has 1 spiro atoms. The van der Waals surface area contributed by atoms with Gasteiger partial charge in [0, 0.05) is 34.3 Å². The molecule has 0 unspecified atom stereocenters. The molecule has 146 valence electrons. The predicted octanol–water partition coefficient (Wildman–Crippen LogP) is 5.93. The van der Waals surface area contributed by atoms with Crippen LogP contribution < -0.4 is 4.74 Å². The largest absolute Gasteiger partial charge is 0.496 e. The van der Waals surface area contributed by atoms with E-state index in [9.17, 15) is 0 Å². The Morgan fingerprint density at radius 2 is 2.19 bits per heavy atom. The van der Waals surface area contributed by atoms with E-state index in [0.717, 1.165) is 36.3 Å². The first-order valence-corrected chi connectivity index (χ1v) is 10.5. The SMILES string of the molecule is [2H]C([2H])([2H])Oc1ccsc1CCCC[C@@]1(c2ccccn2)CCOC2(CC([2H])([2H])C([2H])([2H])C2)C1. The normalized spacial score (nSPS) is 32.4. The van der Waals surface area contributed by atoms with E-state index < -0.39 is 25.4 Å². The van der Waals surface area contributed by atoms with E-state index in [0.29, 0.717) is 25.2 Å². The fourth-order valence-corrected chi connectivity index (χ4v) is 5.39. The van der Waals surface area contributed by atoms with Crippen LogP contribution in [0, 0.1) is 0 Å². The molecule has 4 rings (SSSR count).